The van der Waals surface area contributed by atoms with Crippen molar-refractivity contribution in [2.45, 2.75) is 18.0 Å². The number of benzene rings is 2. The summed E-state index contributed by atoms with van der Waals surface area (Å²) >= 11 is 0. The maximum atomic E-state index is 12.9. The summed E-state index contributed by atoms with van der Waals surface area (Å²) in [5, 5.41) is 2.46. The molecule has 0 aliphatic carbocycles. The maximum absolute atomic E-state index is 12.9. The largest absolute Gasteiger partial charge is 0.418 e. The van der Waals surface area contributed by atoms with Gasteiger partial charge >= 0.3 is 6.18 Å². The number of alkyl halides is 3. The number of para-hydroxylation sites is 1. The molecule has 0 aliphatic rings. The molecule has 0 saturated carbocycles. The van der Waals surface area contributed by atoms with Gasteiger partial charge in [-0.15, -0.1) is 0 Å². The SMILES string of the molecule is CC(=O)Nc1ccc(S(=O)(=O)Nc2ccccc2C(F)(F)F)cc1. The van der Waals surface area contributed by atoms with Crippen LogP contribution in [0.25, 0.3) is 0 Å². The Morgan fingerprint density at radius 3 is 2.12 bits per heavy atom. The zero-order chi connectivity index (χ0) is 18.0. The first kappa shape index (κ1) is 17.8. The van der Waals surface area contributed by atoms with Crippen LogP contribution in [0.4, 0.5) is 24.5 Å². The summed E-state index contributed by atoms with van der Waals surface area (Å²) in [5.41, 5.74) is -1.27. The molecule has 5 nitrogen and oxygen atoms in total. The molecule has 0 heterocycles. The van der Waals surface area contributed by atoms with E-state index < -0.39 is 27.5 Å². The van der Waals surface area contributed by atoms with Gasteiger partial charge in [0.25, 0.3) is 10.0 Å². The van der Waals surface area contributed by atoms with Gasteiger partial charge in [0.05, 0.1) is 16.1 Å². The second-order valence-corrected chi connectivity index (χ2v) is 6.54. The molecule has 0 fully saturated rings. The van der Waals surface area contributed by atoms with Crippen molar-refractivity contribution >= 4 is 27.3 Å². The van der Waals surface area contributed by atoms with Crippen molar-refractivity contribution in [1.82, 2.24) is 0 Å². The lowest BCUT2D eigenvalue weighted by Gasteiger charge is -2.14. The van der Waals surface area contributed by atoms with Crippen molar-refractivity contribution < 1.29 is 26.4 Å². The number of amides is 1. The van der Waals surface area contributed by atoms with Gasteiger partial charge in [0.15, 0.2) is 0 Å². The van der Waals surface area contributed by atoms with Crippen molar-refractivity contribution in [3.05, 3.63) is 54.1 Å². The Balaban J connectivity index is 2.31. The molecule has 0 unspecified atom stereocenters. The third kappa shape index (κ3) is 4.25. The fourth-order valence-electron chi connectivity index (χ4n) is 1.94. The Bertz CT molecular complexity index is 847. The van der Waals surface area contributed by atoms with E-state index in [0.29, 0.717) is 5.69 Å². The van der Waals surface area contributed by atoms with E-state index in [-0.39, 0.29) is 10.8 Å². The molecular formula is C15H13F3N2O3S. The van der Waals surface area contributed by atoms with Crippen LogP contribution in [0.2, 0.25) is 0 Å². The normalized spacial score (nSPS) is 11.8. The number of sulfonamides is 1. The molecule has 0 radical (unpaired) electrons. The lowest BCUT2D eigenvalue weighted by Crippen LogP contribution is -2.17. The van der Waals surface area contributed by atoms with Crippen LogP contribution < -0.4 is 10.0 Å². The second-order valence-electron chi connectivity index (χ2n) is 4.85. The van der Waals surface area contributed by atoms with Crippen LogP contribution >= 0.6 is 0 Å². The number of nitrogens with one attached hydrogen (secondary N) is 2. The van der Waals surface area contributed by atoms with E-state index in [9.17, 15) is 26.4 Å². The van der Waals surface area contributed by atoms with E-state index >= 15 is 0 Å². The molecule has 9 heteroatoms. The van der Waals surface area contributed by atoms with Crippen LogP contribution in [-0.2, 0) is 21.0 Å². The highest BCUT2D eigenvalue weighted by Crippen LogP contribution is 2.35. The standard InChI is InChI=1S/C15H13F3N2O3S/c1-10(21)19-11-6-8-12(9-7-11)24(22,23)20-14-5-3-2-4-13(14)15(16,17)18/h2-9,20H,1H3,(H,19,21). The molecular weight excluding hydrogens is 345 g/mol. The van der Waals surface area contributed by atoms with E-state index in [2.05, 4.69) is 5.32 Å². The summed E-state index contributed by atoms with van der Waals surface area (Å²) < 4.78 is 65.2. The maximum Gasteiger partial charge on any atom is 0.418 e. The first-order valence-electron chi connectivity index (χ1n) is 6.66. The molecule has 2 aromatic rings. The highest BCUT2D eigenvalue weighted by atomic mass is 32.2. The van der Waals surface area contributed by atoms with Crippen molar-refractivity contribution in [3.8, 4) is 0 Å². The smallest absolute Gasteiger partial charge is 0.326 e. The Kier molecular flexibility index (Phi) is 4.83. The van der Waals surface area contributed by atoms with E-state index in [0.717, 1.165) is 12.1 Å². The summed E-state index contributed by atoms with van der Waals surface area (Å²) in [7, 11) is -4.20. The minimum atomic E-state index is -4.69. The van der Waals surface area contributed by atoms with Crippen molar-refractivity contribution in [1.29, 1.82) is 0 Å². The number of carbonyl (C=O) groups excluding carboxylic acids is 1. The molecule has 0 aliphatic heterocycles. The summed E-state index contributed by atoms with van der Waals surface area (Å²) in [6, 6.07) is 9.34. The fraction of sp³-hybridized carbons (Fsp3) is 0.133. The minimum Gasteiger partial charge on any atom is -0.326 e. The predicted molar refractivity (Wildman–Crippen MR) is 83.0 cm³/mol. The Labute approximate surface area is 136 Å². The van der Waals surface area contributed by atoms with Gasteiger partial charge in [0.1, 0.15) is 0 Å². The summed E-state index contributed by atoms with van der Waals surface area (Å²) in [4.78, 5) is 10.7. The number of anilines is 2. The minimum absolute atomic E-state index is 0.228. The topological polar surface area (TPSA) is 75.3 Å². The van der Waals surface area contributed by atoms with Crippen LogP contribution in [0.3, 0.4) is 0 Å². The zero-order valence-corrected chi connectivity index (χ0v) is 13.2. The summed E-state index contributed by atoms with van der Waals surface area (Å²) in [6.45, 7) is 1.29. The zero-order valence-electron chi connectivity index (χ0n) is 12.4. The highest BCUT2D eigenvalue weighted by molar-refractivity contribution is 7.92. The average molecular weight is 358 g/mol. The molecule has 2 rings (SSSR count). The van der Waals surface area contributed by atoms with Crippen LogP contribution in [0.1, 0.15) is 12.5 Å². The number of carbonyl (C=O) groups is 1. The molecule has 2 aromatic carbocycles. The van der Waals surface area contributed by atoms with Gasteiger partial charge in [0.2, 0.25) is 5.91 Å². The molecule has 0 bridgehead atoms. The monoisotopic (exact) mass is 358 g/mol. The molecule has 0 aromatic heterocycles. The van der Waals surface area contributed by atoms with Gasteiger partial charge < -0.3 is 5.32 Å². The van der Waals surface area contributed by atoms with E-state index in [1.165, 1.54) is 43.3 Å². The number of halogens is 3. The van der Waals surface area contributed by atoms with Gasteiger partial charge in [-0.05, 0) is 36.4 Å². The first-order chi connectivity index (χ1) is 11.1. The lowest BCUT2D eigenvalue weighted by atomic mass is 10.2. The van der Waals surface area contributed by atoms with Gasteiger partial charge in [0, 0.05) is 12.6 Å². The van der Waals surface area contributed by atoms with E-state index in [1.807, 2.05) is 4.72 Å². The third-order valence-electron chi connectivity index (χ3n) is 2.96. The second kappa shape index (κ2) is 6.52. The summed E-state index contributed by atoms with van der Waals surface area (Å²) in [5.74, 6) is -0.331. The lowest BCUT2D eigenvalue weighted by molar-refractivity contribution is -0.136. The molecule has 0 saturated heterocycles. The Morgan fingerprint density at radius 1 is 1.00 bits per heavy atom. The van der Waals surface area contributed by atoms with Gasteiger partial charge in [-0.1, -0.05) is 12.1 Å². The fourth-order valence-corrected chi connectivity index (χ4v) is 3.02. The van der Waals surface area contributed by atoms with Crippen molar-refractivity contribution in [2.75, 3.05) is 10.0 Å². The van der Waals surface area contributed by atoms with Crippen LogP contribution in [-0.4, -0.2) is 14.3 Å². The van der Waals surface area contributed by atoms with Gasteiger partial charge in [-0.25, -0.2) is 8.42 Å². The number of rotatable bonds is 4. The van der Waals surface area contributed by atoms with Crippen LogP contribution in [0.15, 0.2) is 53.4 Å². The molecule has 1 amide bonds. The molecule has 128 valence electrons. The number of hydrogen-bond acceptors (Lipinski definition) is 3. The highest BCUT2D eigenvalue weighted by Gasteiger charge is 2.34. The predicted octanol–water partition coefficient (Wildman–Crippen LogP) is 3.46. The van der Waals surface area contributed by atoms with Crippen molar-refractivity contribution in [3.63, 3.8) is 0 Å². The van der Waals surface area contributed by atoms with Crippen LogP contribution in [0.5, 0.6) is 0 Å². The van der Waals surface area contributed by atoms with E-state index in [1.54, 1.807) is 0 Å². The first-order valence-corrected chi connectivity index (χ1v) is 8.14. The van der Waals surface area contributed by atoms with Gasteiger partial charge in [-0.2, -0.15) is 13.2 Å². The Hall–Kier alpha value is -2.55. The molecule has 0 spiro atoms. The molecule has 2 N–H and O–H groups in total. The average Bonchev–Trinajstić information content (AvgIpc) is 2.46. The molecule has 24 heavy (non-hydrogen) atoms. The Morgan fingerprint density at radius 2 is 1.58 bits per heavy atom. The van der Waals surface area contributed by atoms with Crippen LogP contribution in [0, 0.1) is 0 Å². The van der Waals surface area contributed by atoms with Gasteiger partial charge in [-0.3, -0.25) is 9.52 Å². The van der Waals surface area contributed by atoms with Crippen molar-refractivity contribution in [2.24, 2.45) is 0 Å². The molecule has 0 atom stereocenters. The third-order valence-corrected chi connectivity index (χ3v) is 4.34. The van der Waals surface area contributed by atoms with E-state index in [4.69, 9.17) is 0 Å². The quantitative estimate of drug-likeness (QED) is 0.879. The summed E-state index contributed by atoms with van der Waals surface area (Å²) in [6.07, 6.45) is -4.69. The number of hydrogen-bond donors (Lipinski definition) is 2.